The van der Waals surface area contributed by atoms with Crippen LogP contribution in [0.15, 0.2) is 41.5 Å². The molecule has 0 saturated heterocycles. The highest BCUT2D eigenvalue weighted by Crippen LogP contribution is 2.18. The summed E-state index contributed by atoms with van der Waals surface area (Å²) in [5, 5.41) is 2.17. The Kier molecular flexibility index (Phi) is 3.30. The number of hydrogen-bond acceptors (Lipinski definition) is 3. The molecule has 0 spiro atoms. The Bertz CT molecular complexity index is 576. The average Bonchev–Trinajstić information content (AvgIpc) is 2.34. The Labute approximate surface area is 107 Å². The fraction of sp³-hybridized carbons (Fsp3) is 0.286. The van der Waals surface area contributed by atoms with Crippen LogP contribution in [-0.4, -0.2) is 16.4 Å². The van der Waals surface area contributed by atoms with Crippen LogP contribution in [0.2, 0.25) is 0 Å². The molecule has 1 aromatic heterocycles. The number of nitrogens with two attached hydrogens (primary N) is 1. The van der Waals surface area contributed by atoms with Crippen LogP contribution in [0.1, 0.15) is 26.5 Å². The topological polar surface area (TPSA) is 63.3 Å². The van der Waals surface area contributed by atoms with Crippen molar-refractivity contribution in [2.24, 2.45) is 10.8 Å². The summed E-state index contributed by atoms with van der Waals surface area (Å²) in [6, 6.07) is 10.0. The molecule has 0 saturated carbocycles. The molecule has 2 aromatic rings. The monoisotopic (exact) mass is 242 g/mol. The molecule has 0 aliphatic carbocycles. The van der Waals surface area contributed by atoms with Gasteiger partial charge in [-0.1, -0.05) is 24.3 Å². The second kappa shape index (κ2) is 4.74. The van der Waals surface area contributed by atoms with Crippen LogP contribution in [-0.2, 0) is 0 Å². The van der Waals surface area contributed by atoms with Gasteiger partial charge in [0.15, 0.2) is 5.84 Å². The molecule has 0 fully saturated rings. The molecule has 0 aliphatic rings. The molecule has 94 valence electrons. The summed E-state index contributed by atoms with van der Waals surface area (Å²) in [4.78, 5) is 8.95. The van der Waals surface area contributed by atoms with Crippen LogP contribution >= 0.6 is 0 Å². The van der Waals surface area contributed by atoms with E-state index in [1.807, 2.05) is 51.1 Å². The van der Waals surface area contributed by atoms with Gasteiger partial charge in [0.25, 0.3) is 0 Å². The SMILES string of the molecule is CC(C)(C)N=C(NN)c1nccc2ccccc12. The summed E-state index contributed by atoms with van der Waals surface area (Å²) in [6.07, 6.45) is 1.77. The predicted octanol–water partition coefficient (Wildman–Crippen LogP) is 2.24. The van der Waals surface area contributed by atoms with Crippen molar-refractivity contribution in [3.8, 4) is 0 Å². The lowest BCUT2D eigenvalue weighted by atomic mass is 10.1. The summed E-state index contributed by atoms with van der Waals surface area (Å²) >= 11 is 0. The number of pyridine rings is 1. The largest absolute Gasteiger partial charge is 0.307 e. The number of amidine groups is 1. The number of nitrogens with one attached hydrogen (secondary N) is 1. The molecule has 0 amide bonds. The van der Waals surface area contributed by atoms with E-state index in [0.717, 1.165) is 16.5 Å². The van der Waals surface area contributed by atoms with Crippen LogP contribution < -0.4 is 11.3 Å². The summed E-state index contributed by atoms with van der Waals surface area (Å²) in [6.45, 7) is 6.07. The van der Waals surface area contributed by atoms with Gasteiger partial charge in [-0.25, -0.2) is 5.84 Å². The third-order valence-electron chi connectivity index (χ3n) is 2.48. The smallest absolute Gasteiger partial charge is 0.162 e. The number of hydrogen-bond donors (Lipinski definition) is 2. The van der Waals surface area contributed by atoms with Crippen molar-refractivity contribution in [2.45, 2.75) is 26.3 Å². The summed E-state index contributed by atoms with van der Waals surface area (Å²) < 4.78 is 0. The van der Waals surface area contributed by atoms with Crippen LogP contribution in [0.5, 0.6) is 0 Å². The van der Waals surface area contributed by atoms with Crippen molar-refractivity contribution in [1.82, 2.24) is 10.4 Å². The molecule has 1 aromatic carbocycles. The third kappa shape index (κ3) is 2.65. The molecular weight excluding hydrogens is 224 g/mol. The van der Waals surface area contributed by atoms with Gasteiger partial charge in [0.1, 0.15) is 5.69 Å². The van der Waals surface area contributed by atoms with Crippen molar-refractivity contribution >= 4 is 16.6 Å². The zero-order chi connectivity index (χ0) is 13.2. The Hall–Kier alpha value is -1.94. The Morgan fingerprint density at radius 1 is 1.22 bits per heavy atom. The molecule has 2 rings (SSSR count). The van der Waals surface area contributed by atoms with E-state index < -0.39 is 0 Å². The summed E-state index contributed by atoms with van der Waals surface area (Å²) in [5.41, 5.74) is 3.23. The minimum Gasteiger partial charge on any atom is -0.307 e. The molecule has 18 heavy (non-hydrogen) atoms. The molecule has 3 N–H and O–H groups in total. The molecule has 0 atom stereocenters. The van der Waals surface area contributed by atoms with Crippen molar-refractivity contribution < 1.29 is 0 Å². The van der Waals surface area contributed by atoms with Crippen molar-refractivity contribution in [3.63, 3.8) is 0 Å². The quantitative estimate of drug-likeness (QED) is 0.349. The van der Waals surface area contributed by atoms with Crippen molar-refractivity contribution in [2.75, 3.05) is 0 Å². The van der Waals surface area contributed by atoms with E-state index in [2.05, 4.69) is 15.4 Å². The van der Waals surface area contributed by atoms with Gasteiger partial charge in [0.05, 0.1) is 5.54 Å². The number of aromatic nitrogens is 1. The lowest BCUT2D eigenvalue weighted by molar-refractivity contribution is 0.580. The van der Waals surface area contributed by atoms with E-state index >= 15 is 0 Å². The number of hydrazine groups is 1. The van der Waals surface area contributed by atoms with Gasteiger partial charge in [-0.05, 0) is 32.2 Å². The van der Waals surface area contributed by atoms with Gasteiger partial charge in [-0.15, -0.1) is 0 Å². The normalized spacial score (nSPS) is 12.8. The third-order valence-corrected chi connectivity index (χ3v) is 2.48. The first-order valence-corrected chi connectivity index (χ1v) is 5.92. The fourth-order valence-corrected chi connectivity index (χ4v) is 1.80. The first-order chi connectivity index (χ1) is 8.51. The Balaban J connectivity index is 2.63. The number of nitrogens with zero attached hydrogens (tertiary/aromatic N) is 2. The number of benzene rings is 1. The van der Waals surface area contributed by atoms with Gasteiger partial charge < -0.3 is 5.43 Å². The lowest BCUT2D eigenvalue weighted by Crippen LogP contribution is -2.34. The maximum atomic E-state index is 5.58. The van der Waals surface area contributed by atoms with Gasteiger partial charge in [0, 0.05) is 11.6 Å². The van der Waals surface area contributed by atoms with Crippen molar-refractivity contribution in [3.05, 3.63) is 42.2 Å². The number of rotatable bonds is 1. The first kappa shape index (κ1) is 12.5. The van der Waals surface area contributed by atoms with E-state index in [0.29, 0.717) is 5.84 Å². The van der Waals surface area contributed by atoms with Gasteiger partial charge in [-0.3, -0.25) is 9.98 Å². The lowest BCUT2D eigenvalue weighted by Gasteiger charge is -2.16. The van der Waals surface area contributed by atoms with E-state index in [4.69, 9.17) is 5.84 Å². The van der Waals surface area contributed by atoms with E-state index in [1.165, 1.54) is 0 Å². The van der Waals surface area contributed by atoms with E-state index in [-0.39, 0.29) is 5.54 Å². The second-order valence-electron chi connectivity index (χ2n) is 5.16. The molecule has 1 heterocycles. The maximum absolute atomic E-state index is 5.58. The predicted molar refractivity (Wildman–Crippen MR) is 75.4 cm³/mol. The Morgan fingerprint density at radius 2 is 1.94 bits per heavy atom. The van der Waals surface area contributed by atoms with Crippen LogP contribution in [0.3, 0.4) is 0 Å². The summed E-state index contributed by atoms with van der Waals surface area (Å²) in [5.74, 6) is 6.19. The molecule has 0 aliphatic heterocycles. The highest BCUT2D eigenvalue weighted by atomic mass is 15.3. The van der Waals surface area contributed by atoms with Crippen LogP contribution in [0.25, 0.3) is 10.8 Å². The first-order valence-electron chi connectivity index (χ1n) is 5.92. The standard InChI is InChI=1S/C14H18N4/c1-14(2,3)17-13(18-15)12-11-7-5-4-6-10(11)8-9-16-12/h4-9H,15H2,1-3H3,(H,17,18). The fourth-order valence-electron chi connectivity index (χ4n) is 1.80. The van der Waals surface area contributed by atoms with Gasteiger partial charge in [-0.2, -0.15) is 0 Å². The minimum atomic E-state index is -0.208. The molecular formula is C14H18N4. The zero-order valence-corrected chi connectivity index (χ0v) is 10.9. The maximum Gasteiger partial charge on any atom is 0.162 e. The molecule has 4 heteroatoms. The minimum absolute atomic E-state index is 0.208. The van der Waals surface area contributed by atoms with E-state index in [9.17, 15) is 0 Å². The summed E-state index contributed by atoms with van der Waals surface area (Å²) in [7, 11) is 0. The highest BCUT2D eigenvalue weighted by molar-refractivity contribution is 6.07. The molecule has 4 nitrogen and oxygen atoms in total. The average molecular weight is 242 g/mol. The molecule has 0 bridgehead atoms. The number of fused-ring (bicyclic) bond motifs is 1. The van der Waals surface area contributed by atoms with Gasteiger partial charge in [0.2, 0.25) is 0 Å². The highest BCUT2D eigenvalue weighted by Gasteiger charge is 2.13. The molecule has 0 radical (unpaired) electrons. The van der Waals surface area contributed by atoms with Crippen LogP contribution in [0, 0.1) is 0 Å². The molecule has 0 unspecified atom stereocenters. The van der Waals surface area contributed by atoms with Crippen LogP contribution in [0.4, 0.5) is 0 Å². The second-order valence-corrected chi connectivity index (χ2v) is 5.16. The Morgan fingerprint density at radius 3 is 2.61 bits per heavy atom. The van der Waals surface area contributed by atoms with Crippen molar-refractivity contribution in [1.29, 1.82) is 0 Å². The number of aliphatic imine (C=N–C) groups is 1. The zero-order valence-electron chi connectivity index (χ0n) is 10.9. The van der Waals surface area contributed by atoms with Gasteiger partial charge >= 0.3 is 0 Å². The van der Waals surface area contributed by atoms with E-state index in [1.54, 1.807) is 6.20 Å².